The van der Waals surface area contributed by atoms with Gasteiger partial charge in [0.2, 0.25) is 11.2 Å². The Hall–Kier alpha value is -1.14. The van der Waals surface area contributed by atoms with Crippen LogP contribution in [0.15, 0.2) is 0 Å². The summed E-state index contributed by atoms with van der Waals surface area (Å²) in [6, 6.07) is 0.217. The van der Waals surface area contributed by atoms with E-state index >= 15 is 0 Å². The monoisotopic (exact) mass is 245 g/mol. The van der Waals surface area contributed by atoms with E-state index in [0.717, 1.165) is 26.1 Å². The molecule has 0 unspecified atom stereocenters. The lowest BCUT2D eigenvalue weighted by molar-refractivity contribution is 0.379. The Morgan fingerprint density at radius 3 is 2.75 bits per heavy atom. The molecule has 0 aromatic carbocycles. The van der Waals surface area contributed by atoms with Crippen LogP contribution in [0.5, 0.6) is 6.01 Å². The first-order valence-electron chi connectivity index (χ1n) is 5.16. The summed E-state index contributed by atoms with van der Waals surface area (Å²) < 4.78 is 4.88. The number of nitrogens with zero attached hydrogens (tertiary/aromatic N) is 3. The molecule has 0 aliphatic rings. The van der Waals surface area contributed by atoms with Gasteiger partial charge in [0.1, 0.15) is 0 Å². The Morgan fingerprint density at radius 2 is 2.06 bits per heavy atom. The van der Waals surface area contributed by atoms with Gasteiger partial charge in [0.15, 0.2) is 0 Å². The number of nitrogens with one attached hydrogen (secondary N) is 2. The maximum absolute atomic E-state index is 5.70. The zero-order chi connectivity index (χ0) is 11.8. The molecule has 1 heterocycles. The number of hydrogen-bond acceptors (Lipinski definition) is 6. The molecule has 0 atom stereocenters. The largest absolute Gasteiger partial charge is 0.467 e. The fourth-order valence-corrected chi connectivity index (χ4v) is 1.24. The van der Waals surface area contributed by atoms with Crippen LogP contribution in [0.2, 0.25) is 5.28 Å². The van der Waals surface area contributed by atoms with Gasteiger partial charge in [-0.2, -0.15) is 15.0 Å². The zero-order valence-corrected chi connectivity index (χ0v) is 10.2. The van der Waals surface area contributed by atoms with Crippen LogP contribution in [0.25, 0.3) is 0 Å². The molecule has 1 aromatic heterocycles. The normalized spacial score (nSPS) is 10.2. The van der Waals surface area contributed by atoms with Crippen molar-refractivity contribution in [1.82, 2.24) is 20.3 Å². The van der Waals surface area contributed by atoms with E-state index < -0.39 is 0 Å². The maximum Gasteiger partial charge on any atom is 0.322 e. The summed E-state index contributed by atoms with van der Waals surface area (Å²) >= 11 is 5.70. The van der Waals surface area contributed by atoms with Crippen LogP contribution in [-0.4, -0.2) is 41.7 Å². The summed E-state index contributed by atoms with van der Waals surface area (Å²) in [4.78, 5) is 11.7. The van der Waals surface area contributed by atoms with Crippen molar-refractivity contribution in [2.45, 2.75) is 13.3 Å². The van der Waals surface area contributed by atoms with Crippen LogP contribution in [0.3, 0.4) is 0 Å². The van der Waals surface area contributed by atoms with E-state index in [1.54, 1.807) is 0 Å². The molecule has 1 aromatic rings. The minimum absolute atomic E-state index is 0.126. The fraction of sp³-hybridized carbons (Fsp3) is 0.667. The predicted molar refractivity (Wildman–Crippen MR) is 63.0 cm³/mol. The number of rotatable bonds is 7. The van der Waals surface area contributed by atoms with Crippen LogP contribution in [-0.2, 0) is 0 Å². The molecule has 0 aliphatic heterocycles. The predicted octanol–water partition coefficient (Wildman–Crippen LogP) is 0.945. The molecule has 0 saturated carbocycles. The first kappa shape index (κ1) is 12.9. The number of aromatic nitrogens is 3. The molecule has 0 bridgehead atoms. The van der Waals surface area contributed by atoms with E-state index in [1.807, 2.05) is 0 Å². The molecule has 7 heteroatoms. The smallest absolute Gasteiger partial charge is 0.322 e. The van der Waals surface area contributed by atoms with Gasteiger partial charge in [0.05, 0.1) is 7.11 Å². The molecule has 6 nitrogen and oxygen atoms in total. The second kappa shape index (κ2) is 7.19. The van der Waals surface area contributed by atoms with Gasteiger partial charge in [-0.1, -0.05) is 6.92 Å². The average molecular weight is 246 g/mol. The molecule has 0 fully saturated rings. The Kier molecular flexibility index (Phi) is 5.81. The highest BCUT2D eigenvalue weighted by Gasteiger charge is 2.03. The molecular formula is C9H16ClN5O. The first-order chi connectivity index (χ1) is 7.76. The molecule has 90 valence electrons. The molecule has 16 heavy (non-hydrogen) atoms. The summed E-state index contributed by atoms with van der Waals surface area (Å²) in [5, 5.41) is 6.40. The van der Waals surface area contributed by atoms with E-state index in [9.17, 15) is 0 Å². The number of hydrogen-bond donors (Lipinski definition) is 2. The molecule has 2 N–H and O–H groups in total. The van der Waals surface area contributed by atoms with Gasteiger partial charge in [-0.3, -0.25) is 0 Å². The van der Waals surface area contributed by atoms with Crippen LogP contribution >= 0.6 is 11.6 Å². The first-order valence-corrected chi connectivity index (χ1v) is 5.54. The summed E-state index contributed by atoms with van der Waals surface area (Å²) in [6.07, 6.45) is 0.986. The highest BCUT2D eigenvalue weighted by molar-refractivity contribution is 6.28. The summed E-state index contributed by atoms with van der Waals surface area (Å²) in [5.41, 5.74) is 0. The van der Waals surface area contributed by atoms with Crippen LogP contribution in [0.4, 0.5) is 5.95 Å². The fourth-order valence-electron chi connectivity index (χ4n) is 1.09. The maximum atomic E-state index is 5.70. The molecule has 0 radical (unpaired) electrons. The van der Waals surface area contributed by atoms with Crippen molar-refractivity contribution in [2.24, 2.45) is 0 Å². The minimum atomic E-state index is 0.126. The van der Waals surface area contributed by atoms with Gasteiger partial charge < -0.3 is 15.4 Å². The van der Waals surface area contributed by atoms with E-state index in [1.165, 1.54) is 7.11 Å². The highest BCUT2D eigenvalue weighted by Crippen LogP contribution is 2.10. The molecule has 1 rings (SSSR count). The lowest BCUT2D eigenvalue weighted by Crippen LogP contribution is -2.17. The molecule has 0 spiro atoms. The van der Waals surface area contributed by atoms with E-state index in [2.05, 4.69) is 32.5 Å². The third-order valence-corrected chi connectivity index (χ3v) is 2.00. The lowest BCUT2D eigenvalue weighted by atomic mass is 10.4. The van der Waals surface area contributed by atoms with Gasteiger partial charge >= 0.3 is 6.01 Å². The summed E-state index contributed by atoms with van der Waals surface area (Å²) in [6.45, 7) is 4.78. The molecule has 0 amide bonds. The number of methoxy groups -OCH3 is 1. The number of ether oxygens (including phenoxy) is 1. The van der Waals surface area contributed by atoms with Crippen LogP contribution in [0, 0.1) is 0 Å². The minimum Gasteiger partial charge on any atom is -0.467 e. The van der Waals surface area contributed by atoms with Crippen molar-refractivity contribution < 1.29 is 4.74 Å². The Bertz CT molecular complexity index is 323. The standard InChI is InChI=1S/C9H16ClN5O/c1-3-11-5-4-6-12-8-13-7(10)14-9(15-8)16-2/h11H,3-6H2,1-2H3,(H,12,13,14,15). The van der Waals surface area contributed by atoms with Crippen LogP contribution in [0.1, 0.15) is 13.3 Å². The van der Waals surface area contributed by atoms with E-state index in [0.29, 0.717) is 5.95 Å². The molecule has 0 aliphatic carbocycles. The lowest BCUT2D eigenvalue weighted by Gasteiger charge is -2.06. The third kappa shape index (κ3) is 4.59. The van der Waals surface area contributed by atoms with E-state index in [-0.39, 0.29) is 11.3 Å². The van der Waals surface area contributed by atoms with Crippen molar-refractivity contribution in [2.75, 3.05) is 32.1 Å². The van der Waals surface area contributed by atoms with Gasteiger partial charge in [0.25, 0.3) is 0 Å². The van der Waals surface area contributed by atoms with Crippen molar-refractivity contribution in [3.63, 3.8) is 0 Å². The second-order valence-corrected chi connectivity index (χ2v) is 3.39. The van der Waals surface area contributed by atoms with Crippen molar-refractivity contribution in [1.29, 1.82) is 0 Å². The molecule has 0 saturated heterocycles. The topological polar surface area (TPSA) is 72.0 Å². The molecular weight excluding hydrogens is 230 g/mol. The summed E-state index contributed by atoms with van der Waals surface area (Å²) in [5.74, 6) is 0.438. The highest BCUT2D eigenvalue weighted by atomic mass is 35.5. The second-order valence-electron chi connectivity index (χ2n) is 3.05. The average Bonchev–Trinajstić information content (AvgIpc) is 2.28. The van der Waals surface area contributed by atoms with Crippen molar-refractivity contribution in [3.05, 3.63) is 5.28 Å². The van der Waals surface area contributed by atoms with E-state index in [4.69, 9.17) is 16.3 Å². The quantitative estimate of drug-likeness (QED) is 0.697. The third-order valence-electron chi connectivity index (χ3n) is 1.83. The Morgan fingerprint density at radius 1 is 1.25 bits per heavy atom. The van der Waals surface area contributed by atoms with Crippen molar-refractivity contribution >= 4 is 17.5 Å². The number of halogens is 1. The summed E-state index contributed by atoms with van der Waals surface area (Å²) in [7, 11) is 1.49. The Labute approximate surface area is 99.8 Å². The SMILES string of the molecule is CCNCCCNc1nc(Cl)nc(OC)n1. The zero-order valence-electron chi connectivity index (χ0n) is 9.46. The number of anilines is 1. The Balaban J connectivity index is 2.38. The van der Waals surface area contributed by atoms with Gasteiger partial charge in [0, 0.05) is 6.54 Å². The van der Waals surface area contributed by atoms with Gasteiger partial charge in [-0.15, -0.1) is 0 Å². The van der Waals surface area contributed by atoms with Gasteiger partial charge in [-0.05, 0) is 31.1 Å². The van der Waals surface area contributed by atoms with Crippen LogP contribution < -0.4 is 15.4 Å². The van der Waals surface area contributed by atoms with Crippen molar-refractivity contribution in [3.8, 4) is 6.01 Å². The van der Waals surface area contributed by atoms with Gasteiger partial charge in [-0.25, -0.2) is 0 Å².